The second kappa shape index (κ2) is 4.66. The average Bonchev–Trinajstić information content (AvgIpc) is 2.17. The van der Waals surface area contributed by atoms with Gasteiger partial charge in [-0.2, -0.15) is 0 Å². The normalized spacial score (nSPS) is 27.9. The van der Waals surface area contributed by atoms with Crippen LogP contribution in [-0.2, 0) is 14.2 Å². The van der Waals surface area contributed by atoms with Crippen molar-refractivity contribution in [2.75, 3.05) is 20.2 Å². The van der Waals surface area contributed by atoms with Crippen molar-refractivity contribution in [3.63, 3.8) is 0 Å². The lowest BCUT2D eigenvalue weighted by atomic mass is 10.2. The number of hydrogen-bond donors (Lipinski definition) is 0. The molecule has 0 aliphatic carbocycles. The average molecular weight is 146 g/mol. The predicted molar refractivity (Wildman–Crippen MR) is 36.6 cm³/mol. The summed E-state index contributed by atoms with van der Waals surface area (Å²) in [5, 5.41) is 0. The van der Waals surface area contributed by atoms with Gasteiger partial charge >= 0.3 is 0 Å². The molecule has 1 aliphatic rings. The highest BCUT2D eigenvalue weighted by Gasteiger charge is 2.10. The fraction of sp³-hybridized carbons (Fsp3) is 1.00. The molecular formula is C7H14O3. The van der Waals surface area contributed by atoms with E-state index in [0.717, 1.165) is 12.8 Å². The quantitative estimate of drug-likeness (QED) is 0.584. The Morgan fingerprint density at radius 2 is 2.20 bits per heavy atom. The van der Waals surface area contributed by atoms with Crippen molar-refractivity contribution in [3.05, 3.63) is 0 Å². The molecule has 0 aromatic carbocycles. The Balaban J connectivity index is 2.15. The van der Waals surface area contributed by atoms with Gasteiger partial charge in [-0.05, 0) is 6.42 Å². The number of rotatable bonds is 2. The Morgan fingerprint density at radius 3 is 3.00 bits per heavy atom. The molecule has 0 bridgehead atoms. The third-order valence-electron chi connectivity index (χ3n) is 1.47. The van der Waals surface area contributed by atoms with Crippen molar-refractivity contribution in [1.82, 2.24) is 0 Å². The first-order valence-electron chi connectivity index (χ1n) is 3.70. The largest absolute Gasteiger partial charge is 0.353 e. The molecule has 0 radical (unpaired) electrons. The van der Waals surface area contributed by atoms with Gasteiger partial charge in [-0.1, -0.05) is 13.3 Å². The molecule has 1 atom stereocenters. The maximum Gasteiger partial charge on any atom is 0.150 e. The maximum absolute atomic E-state index is 5.30. The van der Waals surface area contributed by atoms with E-state index in [1.54, 1.807) is 0 Å². The third kappa shape index (κ3) is 2.64. The van der Waals surface area contributed by atoms with Crippen LogP contribution in [0.25, 0.3) is 0 Å². The van der Waals surface area contributed by atoms with Crippen molar-refractivity contribution >= 4 is 0 Å². The maximum atomic E-state index is 5.30. The van der Waals surface area contributed by atoms with Gasteiger partial charge in [-0.3, -0.25) is 0 Å². The lowest BCUT2D eigenvalue weighted by Crippen LogP contribution is -2.16. The van der Waals surface area contributed by atoms with E-state index in [1.165, 1.54) is 0 Å². The summed E-state index contributed by atoms with van der Waals surface area (Å²) in [6, 6.07) is 0. The summed E-state index contributed by atoms with van der Waals surface area (Å²) in [5.74, 6) is 0. The van der Waals surface area contributed by atoms with Crippen molar-refractivity contribution in [1.29, 1.82) is 0 Å². The Morgan fingerprint density at radius 1 is 1.30 bits per heavy atom. The summed E-state index contributed by atoms with van der Waals surface area (Å²) in [7, 11) is 0. The molecule has 1 aliphatic heterocycles. The molecule has 1 heterocycles. The standard InChI is InChI=1S/C7H14O3/c1-2-3-7-4-8-5-9-6-10-7/h7H,2-6H2,1H3. The minimum absolute atomic E-state index is 0.243. The number of ether oxygens (including phenoxy) is 3. The van der Waals surface area contributed by atoms with Gasteiger partial charge in [0.05, 0.1) is 12.7 Å². The van der Waals surface area contributed by atoms with Crippen LogP contribution in [0, 0.1) is 0 Å². The SMILES string of the molecule is CCCC1COCOCO1. The lowest BCUT2D eigenvalue weighted by molar-refractivity contribution is -0.0865. The van der Waals surface area contributed by atoms with Crippen molar-refractivity contribution in [3.8, 4) is 0 Å². The first-order chi connectivity index (χ1) is 4.93. The summed E-state index contributed by atoms with van der Waals surface area (Å²) < 4.78 is 15.3. The zero-order chi connectivity index (χ0) is 7.23. The van der Waals surface area contributed by atoms with Gasteiger partial charge < -0.3 is 14.2 Å². The molecule has 3 nitrogen and oxygen atoms in total. The van der Waals surface area contributed by atoms with E-state index < -0.39 is 0 Å². The van der Waals surface area contributed by atoms with Crippen LogP contribution in [0.5, 0.6) is 0 Å². The molecule has 60 valence electrons. The van der Waals surface area contributed by atoms with Crippen molar-refractivity contribution < 1.29 is 14.2 Å². The van der Waals surface area contributed by atoms with E-state index in [2.05, 4.69) is 6.92 Å². The second-order valence-corrected chi connectivity index (χ2v) is 2.39. The third-order valence-corrected chi connectivity index (χ3v) is 1.47. The minimum atomic E-state index is 0.243. The van der Waals surface area contributed by atoms with Crippen LogP contribution in [-0.4, -0.2) is 26.3 Å². The predicted octanol–water partition coefficient (Wildman–Crippen LogP) is 1.13. The van der Waals surface area contributed by atoms with E-state index in [4.69, 9.17) is 14.2 Å². The fourth-order valence-corrected chi connectivity index (χ4v) is 0.954. The lowest BCUT2D eigenvalue weighted by Gasteiger charge is -2.10. The molecule has 1 rings (SSSR count). The van der Waals surface area contributed by atoms with Gasteiger partial charge in [0.2, 0.25) is 0 Å². The summed E-state index contributed by atoms with van der Waals surface area (Å²) in [6.45, 7) is 3.56. The monoisotopic (exact) mass is 146 g/mol. The van der Waals surface area contributed by atoms with Crippen LogP contribution in [0.3, 0.4) is 0 Å². The molecule has 0 saturated carbocycles. The second-order valence-electron chi connectivity index (χ2n) is 2.39. The van der Waals surface area contributed by atoms with Gasteiger partial charge in [0.15, 0.2) is 0 Å². The molecule has 0 spiro atoms. The zero-order valence-electron chi connectivity index (χ0n) is 6.34. The Labute approximate surface area is 61.3 Å². The molecule has 3 heteroatoms. The van der Waals surface area contributed by atoms with Crippen LogP contribution in [0.1, 0.15) is 19.8 Å². The molecular weight excluding hydrogens is 132 g/mol. The highest BCUT2D eigenvalue weighted by atomic mass is 16.8. The van der Waals surface area contributed by atoms with E-state index in [9.17, 15) is 0 Å². The Bertz CT molecular complexity index is 76.9. The highest BCUT2D eigenvalue weighted by Crippen LogP contribution is 2.05. The van der Waals surface area contributed by atoms with E-state index in [0.29, 0.717) is 20.2 Å². The summed E-state index contributed by atoms with van der Waals surface area (Å²) in [6.07, 6.45) is 2.43. The summed E-state index contributed by atoms with van der Waals surface area (Å²) in [4.78, 5) is 0. The molecule has 0 amide bonds. The molecule has 0 N–H and O–H groups in total. The van der Waals surface area contributed by atoms with E-state index >= 15 is 0 Å². The van der Waals surface area contributed by atoms with Gasteiger partial charge in [0.1, 0.15) is 13.6 Å². The first kappa shape index (κ1) is 7.98. The van der Waals surface area contributed by atoms with E-state index in [-0.39, 0.29) is 6.10 Å². The first-order valence-corrected chi connectivity index (χ1v) is 3.70. The Kier molecular flexibility index (Phi) is 3.72. The van der Waals surface area contributed by atoms with Gasteiger partial charge in [-0.15, -0.1) is 0 Å². The molecule has 1 saturated heterocycles. The number of hydrogen-bond acceptors (Lipinski definition) is 3. The molecule has 1 fully saturated rings. The van der Waals surface area contributed by atoms with Crippen LogP contribution in [0.4, 0.5) is 0 Å². The van der Waals surface area contributed by atoms with Crippen molar-refractivity contribution in [2.24, 2.45) is 0 Å². The molecule has 10 heavy (non-hydrogen) atoms. The van der Waals surface area contributed by atoms with Gasteiger partial charge in [0.25, 0.3) is 0 Å². The van der Waals surface area contributed by atoms with Crippen molar-refractivity contribution in [2.45, 2.75) is 25.9 Å². The zero-order valence-corrected chi connectivity index (χ0v) is 6.34. The van der Waals surface area contributed by atoms with Crippen LogP contribution < -0.4 is 0 Å². The van der Waals surface area contributed by atoms with Gasteiger partial charge in [0, 0.05) is 0 Å². The van der Waals surface area contributed by atoms with Crippen LogP contribution >= 0.6 is 0 Å². The molecule has 0 aromatic rings. The van der Waals surface area contributed by atoms with Crippen LogP contribution in [0.15, 0.2) is 0 Å². The fourth-order valence-electron chi connectivity index (χ4n) is 0.954. The molecule has 0 aromatic heterocycles. The Hall–Kier alpha value is -0.120. The molecule has 1 unspecified atom stereocenters. The smallest absolute Gasteiger partial charge is 0.150 e. The summed E-state index contributed by atoms with van der Waals surface area (Å²) >= 11 is 0. The van der Waals surface area contributed by atoms with Gasteiger partial charge in [-0.25, -0.2) is 0 Å². The highest BCUT2D eigenvalue weighted by molar-refractivity contribution is 4.54. The van der Waals surface area contributed by atoms with E-state index in [1.807, 2.05) is 0 Å². The summed E-state index contributed by atoms with van der Waals surface area (Å²) in [5.41, 5.74) is 0. The van der Waals surface area contributed by atoms with Crippen LogP contribution in [0.2, 0.25) is 0 Å². The minimum Gasteiger partial charge on any atom is -0.353 e. The topological polar surface area (TPSA) is 27.7 Å².